The van der Waals surface area contributed by atoms with E-state index in [9.17, 15) is 0 Å². The Bertz CT molecular complexity index is 671. The summed E-state index contributed by atoms with van der Waals surface area (Å²) in [5.41, 5.74) is 3.17. The molecular weight excluding hydrogens is 256 g/mol. The van der Waals surface area contributed by atoms with Crippen LogP contribution in [0.3, 0.4) is 0 Å². The lowest BCUT2D eigenvalue weighted by Crippen LogP contribution is -1.81. The number of fused-ring (bicyclic) bond motifs is 2. The number of aryl methyl sites for hydroxylation is 2. The van der Waals surface area contributed by atoms with Gasteiger partial charge in [-0.15, -0.1) is 11.3 Å². The van der Waals surface area contributed by atoms with E-state index in [0.29, 0.717) is 0 Å². The number of hydrogen-bond acceptors (Lipinski definition) is 4. The second-order valence-electron chi connectivity index (χ2n) is 4.97. The molecule has 0 spiro atoms. The van der Waals surface area contributed by atoms with Crippen molar-refractivity contribution >= 4 is 22.5 Å². The van der Waals surface area contributed by atoms with Gasteiger partial charge in [-0.1, -0.05) is 6.42 Å². The zero-order valence-corrected chi connectivity index (χ0v) is 11.3. The van der Waals surface area contributed by atoms with E-state index in [2.05, 4.69) is 26.0 Å². The lowest BCUT2D eigenvalue weighted by molar-refractivity contribution is 0.713. The zero-order valence-electron chi connectivity index (χ0n) is 10.5. The lowest BCUT2D eigenvalue weighted by atomic mass is 10.1. The van der Waals surface area contributed by atoms with Crippen molar-refractivity contribution in [1.29, 1.82) is 0 Å². The molecule has 5 heteroatoms. The highest BCUT2D eigenvalue weighted by molar-refractivity contribution is 7.15. The van der Waals surface area contributed by atoms with Crippen LogP contribution in [0.2, 0.25) is 0 Å². The Hall–Kier alpha value is -1.75. The molecule has 0 unspecified atom stereocenters. The van der Waals surface area contributed by atoms with E-state index < -0.39 is 0 Å². The first-order valence-electron chi connectivity index (χ1n) is 6.68. The van der Waals surface area contributed by atoms with Gasteiger partial charge >= 0.3 is 0 Å². The molecule has 0 saturated carbocycles. The molecule has 1 aliphatic rings. The van der Waals surface area contributed by atoms with Crippen LogP contribution >= 0.6 is 11.3 Å². The maximum atomic E-state index is 4.55. The fourth-order valence-corrected chi connectivity index (χ4v) is 3.86. The van der Waals surface area contributed by atoms with Crippen molar-refractivity contribution in [2.45, 2.75) is 32.1 Å². The van der Waals surface area contributed by atoms with Crippen molar-refractivity contribution in [3.05, 3.63) is 29.0 Å². The van der Waals surface area contributed by atoms with Crippen molar-refractivity contribution in [3.8, 4) is 10.7 Å². The number of hydrogen-bond donors (Lipinski definition) is 1. The van der Waals surface area contributed by atoms with Gasteiger partial charge in [0.25, 0.3) is 0 Å². The highest BCUT2D eigenvalue weighted by Gasteiger charge is 2.15. The molecule has 0 aliphatic heterocycles. The Kier molecular flexibility index (Phi) is 2.58. The van der Waals surface area contributed by atoms with E-state index in [-0.39, 0.29) is 0 Å². The predicted octanol–water partition coefficient (Wildman–Crippen LogP) is 3.35. The molecule has 3 aromatic rings. The SMILES string of the molecule is c1ncc2[nH]c(-c3cc4c(s3)CCCCC4)nc2n1. The van der Waals surface area contributed by atoms with Crippen LogP contribution in [0, 0.1) is 0 Å². The number of rotatable bonds is 1. The van der Waals surface area contributed by atoms with E-state index in [1.807, 2.05) is 11.3 Å². The van der Waals surface area contributed by atoms with E-state index in [0.717, 1.165) is 17.0 Å². The van der Waals surface area contributed by atoms with Gasteiger partial charge in [0, 0.05) is 4.88 Å². The molecular formula is C14H14N4S. The Morgan fingerprint density at radius 3 is 3.05 bits per heavy atom. The van der Waals surface area contributed by atoms with Crippen LogP contribution in [0.25, 0.3) is 21.9 Å². The monoisotopic (exact) mass is 270 g/mol. The smallest absolute Gasteiger partial charge is 0.181 e. The van der Waals surface area contributed by atoms with Crippen LogP contribution < -0.4 is 0 Å². The minimum atomic E-state index is 0.744. The zero-order chi connectivity index (χ0) is 12.7. The largest absolute Gasteiger partial charge is 0.335 e. The normalized spacial score (nSPS) is 15.4. The molecule has 3 heterocycles. The van der Waals surface area contributed by atoms with E-state index in [1.54, 1.807) is 11.1 Å². The van der Waals surface area contributed by atoms with Gasteiger partial charge in [-0.25, -0.2) is 15.0 Å². The number of thiophene rings is 1. The summed E-state index contributed by atoms with van der Waals surface area (Å²) in [5.74, 6) is 0.925. The molecule has 0 fully saturated rings. The van der Waals surface area contributed by atoms with Gasteiger partial charge in [-0.3, -0.25) is 0 Å². The molecule has 0 atom stereocenters. The first-order chi connectivity index (χ1) is 9.40. The maximum absolute atomic E-state index is 4.55. The molecule has 4 nitrogen and oxygen atoms in total. The fraction of sp³-hybridized carbons (Fsp3) is 0.357. The highest BCUT2D eigenvalue weighted by atomic mass is 32.1. The predicted molar refractivity (Wildman–Crippen MR) is 76.3 cm³/mol. The van der Waals surface area contributed by atoms with Crippen molar-refractivity contribution in [3.63, 3.8) is 0 Å². The van der Waals surface area contributed by atoms with Gasteiger partial charge < -0.3 is 4.98 Å². The minimum Gasteiger partial charge on any atom is -0.335 e. The number of H-pyrrole nitrogens is 1. The summed E-state index contributed by atoms with van der Waals surface area (Å²) in [7, 11) is 0. The molecule has 0 saturated heterocycles. The fourth-order valence-electron chi connectivity index (χ4n) is 2.66. The van der Waals surface area contributed by atoms with Gasteiger partial charge in [0.1, 0.15) is 11.8 Å². The average molecular weight is 270 g/mol. The Balaban J connectivity index is 1.79. The molecule has 96 valence electrons. The van der Waals surface area contributed by atoms with Crippen LogP contribution in [0.15, 0.2) is 18.6 Å². The topological polar surface area (TPSA) is 54.5 Å². The van der Waals surface area contributed by atoms with Crippen LogP contribution in [0.4, 0.5) is 0 Å². The second-order valence-corrected chi connectivity index (χ2v) is 6.10. The van der Waals surface area contributed by atoms with Gasteiger partial charge in [0.05, 0.1) is 11.1 Å². The van der Waals surface area contributed by atoms with Crippen LogP contribution in [0.1, 0.15) is 29.7 Å². The highest BCUT2D eigenvalue weighted by Crippen LogP contribution is 2.34. The number of aromatic amines is 1. The molecule has 0 aromatic carbocycles. The molecule has 19 heavy (non-hydrogen) atoms. The summed E-state index contributed by atoms with van der Waals surface area (Å²) in [6.07, 6.45) is 9.74. The first-order valence-corrected chi connectivity index (χ1v) is 7.49. The molecule has 0 radical (unpaired) electrons. The summed E-state index contributed by atoms with van der Waals surface area (Å²) in [4.78, 5) is 18.8. The van der Waals surface area contributed by atoms with Gasteiger partial charge in [-0.2, -0.15) is 0 Å². The van der Waals surface area contributed by atoms with Crippen molar-refractivity contribution in [1.82, 2.24) is 19.9 Å². The number of imidazole rings is 1. The Labute approximate surface area is 114 Å². The van der Waals surface area contributed by atoms with Crippen molar-refractivity contribution in [2.24, 2.45) is 0 Å². The van der Waals surface area contributed by atoms with Crippen LogP contribution in [-0.2, 0) is 12.8 Å². The Morgan fingerprint density at radius 1 is 1.16 bits per heavy atom. The molecule has 4 rings (SSSR count). The number of nitrogens with one attached hydrogen (secondary N) is 1. The Morgan fingerprint density at radius 2 is 2.11 bits per heavy atom. The molecule has 1 aliphatic carbocycles. The maximum Gasteiger partial charge on any atom is 0.181 e. The minimum absolute atomic E-state index is 0.744. The van der Waals surface area contributed by atoms with Crippen molar-refractivity contribution in [2.75, 3.05) is 0 Å². The summed E-state index contributed by atoms with van der Waals surface area (Å²) in [5, 5.41) is 0. The third kappa shape index (κ3) is 1.94. The summed E-state index contributed by atoms with van der Waals surface area (Å²) in [6, 6.07) is 2.30. The number of aromatic nitrogens is 4. The standard InChI is InChI=1S/C14H14N4S/c1-2-4-9-6-12(19-11(9)5-3-1)14-17-10-7-15-8-16-13(10)18-14/h6-8H,1-5H2,(H,15,16,17,18). The van der Waals surface area contributed by atoms with Crippen LogP contribution in [-0.4, -0.2) is 19.9 Å². The lowest BCUT2D eigenvalue weighted by Gasteiger charge is -1.92. The summed E-state index contributed by atoms with van der Waals surface area (Å²) < 4.78 is 0. The summed E-state index contributed by atoms with van der Waals surface area (Å²) >= 11 is 1.88. The van der Waals surface area contributed by atoms with Gasteiger partial charge in [0.2, 0.25) is 0 Å². The molecule has 0 amide bonds. The number of nitrogens with zero attached hydrogens (tertiary/aromatic N) is 3. The van der Waals surface area contributed by atoms with Crippen molar-refractivity contribution < 1.29 is 0 Å². The van der Waals surface area contributed by atoms with Gasteiger partial charge in [-0.05, 0) is 37.3 Å². The third-order valence-electron chi connectivity index (χ3n) is 3.64. The average Bonchev–Trinajstić information content (AvgIpc) is 2.97. The van der Waals surface area contributed by atoms with Gasteiger partial charge in [0.15, 0.2) is 11.5 Å². The molecule has 3 aromatic heterocycles. The molecule has 0 bridgehead atoms. The van der Waals surface area contributed by atoms with E-state index in [1.165, 1.54) is 48.9 Å². The first kappa shape index (κ1) is 11.1. The third-order valence-corrected chi connectivity index (χ3v) is 4.89. The van der Waals surface area contributed by atoms with E-state index >= 15 is 0 Å². The summed E-state index contributed by atoms with van der Waals surface area (Å²) in [6.45, 7) is 0. The molecule has 1 N–H and O–H groups in total. The van der Waals surface area contributed by atoms with E-state index in [4.69, 9.17) is 0 Å². The van der Waals surface area contributed by atoms with Crippen LogP contribution in [0.5, 0.6) is 0 Å². The second kappa shape index (κ2) is 4.42. The quantitative estimate of drug-likeness (QED) is 0.690.